The van der Waals surface area contributed by atoms with E-state index in [1.807, 2.05) is 57.4 Å². The van der Waals surface area contributed by atoms with Gasteiger partial charge >= 0.3 is 0 Å². The number of hydrogen-bond donors (Lipinski definition) is 0. The maximum Gasteiger partial charge on any atom is 0.281 e. The van der Waals surface area contributed by atoms with Gasteiger partial charge in [-0.2, -0.15) is 5.10 Å². The molecule has 0 saturated carbocycles. The van der Waals surface area contributed by atoms with Crippen LogP contribution in [0.5, 0.6) is 5.75 Å². The van der Waals surface area contributed by atoms with E-state index in [1.165, 1.54) is 11.3 Å². The molecule has 0 bridgehead atoms. The Labute approximate surface area is 172 Å². The minimum atomic E-state index is -0.184. The molecule has 3 aromatic heterocycles. The van der Waals surface area contributed by atoms with Gasteiger partial charge < -0.3 is 4.74 Å². The van der Waals surface area contributed by atoms with E-state index in [1.54, 1.807) is 22.0 Å². The van der Waals surface area contributed by atoms with E-state index in [2.05, 4.69) is 10.1 Å². The molecule has 148 valence electrons. The Kier molecular flexibility index (Phi) is 5.26. The topological polar surface area (TPSA) is 73.1 Å². The standard InChI is InChI=1S/C21H21N5O2S/c1-4-28-16-7-8-17-18(10-16)29-21(23-17)26(13-15-6-5-9-22-11-15)20(27)19-14(2)12-25(3)24-19/h5-12H,4,13H2,1-3H3. The first-order valence-electron chi connectivity index (χ1n) is 9.29. The molecule has 1 amide bonds. The van der Waals surface area contributed by atoms with Crippen LogP contribution in [0.3, 0.4) is 0 Å². The third-order valence-electron chi connectivity index (χ3n) is 4.41. The molecule has 0 atom stereocenters. The number of aromatic nitrogens is 4. The van der Waals surface area contributed by atoms with E-state index >= 15 is 0 Å². The molecular weight excluding hydrogens is 386 g/mol. The number of pyridine rings is 1. The number of thiazole rings is 1. The minimum Gasteiger partial charge on any atom is -0.494 e. The molecule has 0 N–H and O–H groups in total. The summed E-state index contributed by atoms with van der Waals surface area (Å²) in [7, 11) is 1.81. The Morgan fingerprint density at radius 1 is 1.31 bits per heavy atom. The van der Waals surface area contributed by atoms with Crippen molar-refractivity contribution in [2.75, 3.05) is 11.5 Å². The van der Waals surface area contributed by atoms with Gasteiger partial charge in [-0.1, -0.05) is 17.4 Å². The summed E-state index contributed by atoms with van der Waals surface area (Å²) in [5.74, 6) is 0.608. The van der Waals surface area contributed by atoms with Gasteiger partial charge in [0.2, 0.25) is 0 Å². The van der Waals surface area contributed by atoms with Gasteiger partial charge in [0.25, 0.3) is 5.91 Å². The number of carbonyl (C=O) groups excluding carboxylic acids is 1. The zero-order valence-corrected chi connectivity index (χ0v) is 17.3. The van der Waals surface area contributed by atoms with Crippen molar-refractivity contribution in [2.45, 2.75) is 20.4 Å². The number of nitrogens with zero attached hydrogens (tertiary/aromatic N) is 5. The van der Waals surface area contributed by atoms with Crippen molar-refractivity contribution < 1.29 is 9.53 Å². The molecule has 0 spiro atoms. The van der Waals surface area contributed by atoms with Crippen LogP contribution in [0.1, 0.15) is 28.5 Å². The highest BCUT2D eigenvalue weighted by atomic mass is 32.1. The Morgan fingerprint density at radius 2 is 2.17 bits per heavy atom. The van der Waals surface area contributed by atoms with Crippen molar-refractivity contribution in [1.82, 2.24) is 19.7 Å². The fourth-order valence-corrected chi connectivity index (χ4v) is 4.10. The zero-order chi connectivity index (χ0) is 20.4. The van der Waals surface area contributed by atoms with Crippen molar-refractivity contribution in [3.63, 3.8) is 0 Å². The fourth-order valence-electron chi connectivity index (χ4n) is 3.11. The van der Waals surface area contributed by atoms with Crippen LogP contribution >= 0.6 is 11.3 Å². The summed E-state index contributed by atoms with van der Waals surface area (Å²) in [5, 5.41) is 4.98. The van der Waals surface area contributed by atoms with Gasteiger partial charge in [0.05, 0.1) is 23.4 Å². The van der Waals surface area contributed by atoms with Crippen molar-refractivity contribution in [1.29, 1.82) is 0 Å². The third-order valence-corrected chi connectivity index (χ3v) is 5.45. The largest absolute Gasteiger partial charge is 0.494 e. The van der Waals surface area contributed by atoms with Gasteiger partial charge in [-0.25, -0.2) is 4.98 Å². The summed E-state index contributed by atoms with van der Waals surface area (Å²) in [5.41, 5.74) is 3.00. The Bertz CT molecular complexity index is 1150. The molecule has 4 aromatic rings. The lowest BCUT2D eigenvalue weighted by atomic mass is 10.2. The Morgan fingerprint density at radius 3 is 2.86 bits per heavy atom. The number of rotatable bonds is 6. The Hall–Kier alpha value is -3.26. The van der Waals surface area contributed by atoms with E-state index in [-0.39, 0.29) is 5.91 Å². The predicted octanol–water partition coefficient (Wildman–Crippen LogP) is 3.98. The summed E-state index contributed by atoms with van der Waals surface area (Å²) in [6, 6.07) is 9.57. The van der Waals surface area contributed by atoms with Crippen LogP contribution in [-0.4, -0.2) is 32.3 Å². The molecule has 0 aliphatic heterocycles. The summed E-state index contributed by atoms with van der Waals surface area (Å²) in [4.78, 5) is 23.9. The molecule has 0 aliphatic carbocycles. The summed E-state index contributed by atoms with van der Waals surface area (Å²) in [6.45, 7) is 4.80. The molecule has 1 aromatic carbocycles. The van der Waals surface area contributed by atoms with E-state index in [0.29, 0.717) is 24.0 Å². The first kappa shape index (κ1) is 19.1. The highest BCUT2D eigenvalue weighted by Gasteiger charge is 2.25. The normalized spacial score (nSPS) is 11.0. The van der Waals surface area contributed by atoms with Crippen LogP contribution in [0, 0.1) is 6.92 Å². The number of benzene rings is 1. The van der Waals surface area contributed by atoms with Gasteiger partial charge in [-0.15, -0.1) is 0 Å². The number of aryl methyl sites for hydroxylation is 2. The van der Waals surface area contributed by atoms with Gasteiger partial charge in [-0.3, -0.25) is 19.4 Å². The van der Waals surface area contributed by atoms with Crippen LogP contribution in [-0.2, 0) is 13.6 Å². The number of ether oxygens (including phenoxy) is 1. The number of fused-ring (bicyclic) bond motifs is 1. The second-order valence-corrected chi connectivity index (χ2v) is 7.66. The van der Waals surface area contributed by atoms with Crippen molar-refractivity contribution >= 4 is 32.6 Å². The van der Waals surface area contributed by atoms with Crippen molar-refractivity contribution in [2.24, 2.45) is 7.05 Å². The summed E-state index contributed by atoms with van der Waals surface area (Å²) < 4.78 is 8.21. The van der Waals surface area contributed by atoms with Crippen LogP contribution in [0.15, 0.2) is 48.9 Å². The molecule has 8 heteroatoms. The summed E-state index contributed by atoms with van der Waals surface area (Å²) >= 11 is 1.46. The molecule has 29 heavy (non-hydrogen) atoms. The average Bonchev–Trinajstić information content (AvgIpc) is 3.28. The van der Waals surface area contributed by atoms with E-state index < -0.39 is 0 Å². The number of amides is 1. The quantitative estimate of drug-likeness (QED) is 0.483. The van der Waals surface area contributed by atoms with Crippen LogP contribution in [0.2, 0.25) is 0 Å². The lowest BCUT2D eigenvalue weighted by Crippen LogP contribution is -2.31. The predicted molar refractivity (Wildman–Crippen MR) is 113 cm³/mol. The van der Waals surface area contributed by atoms with Crippen molar-refractivity contribution in [3.05, 3.63) is 65.7 Å². The fraction of sp³-hybridized carbons (Fsp3) is 0.238. The molecule has 4 rings (SSSR count). The molecule has 0 radical (unpaired) electrons. The first-order chi connectivity index (χ1) is 14.0. The maximum atomic E-state index is 13.4. The van der Waals surface area contributed by atoms with Crippen LogP contribution in [0.4, 0.5) is 5.13 Å². The molecular formula is C21H21N5O2S. The number of carbonyl (C=O) groups is 1. The lowest BCUT2D eigenvalue weighted by Gasteiger charge is -2.19. The Balaban J connectivity index is 1.76. The number of anilines is 1. The minimum absolute atomic E-state index is 0.184. The van der Waals surface area contributed by atoms with Gasteiger partial charge in [0.15, 0.2) is 10.8 Å². The second-order valence-electron chi connectivity index (χ2n) is 6.65. The molecule has 3 heterocycles. The maximum absolute atomic E-state index is 13.4. The SMILES string of the molecule is CCOc1ccc2nc(N(Cc3cccnc3)C(=O)c3nn(C)cc3C)sc2c1. The summed E-state index contributed by atoms with van der Waals surface area (Å²) in [6.07, 6.45) is 5.31. The first-order valence-corrected chi connectivity index (χ1v) is 10.1. The zero-order valence-electron chi connectivity index (χ0n) is 16.5. The smallest absolute Gasteiger partial charge is 0.281 e. The lowest BCUT2D eigenvalue weighted by molar-refractivity contribution is 0.0979. The molecule has 0 fully saturated rings. The highest BCUT2D eigenvalue weighted by molar-refractivity contribution is 7.22. The third kappa shape index (κ3) is 3.97. The monoisotopic (exact) mass is 407 g/mol. The molecule has 0 saturated heterocycles. The molecule has 7 nitrogen and oxygen atoms in total. The van der Waals surface area contributed by atoms with Crippen LogP contribution in [0.25, 0.3) is 10.2 Å². The van der Waals surface area contributed by atoms with Gasteiger partial charge in [0, 0.05) is 31.2 Å². The second kappa shape index (κ2) is 8.00. The van der Waals surface area contributed by atoms with Crippen LogP contribution < -0.4 is 9.64 Å². The van der Waals surface area contributed by atoms with Crippen molar-refractivity contribution in [3.8, 4) is 5.75 Å². The van der Waals surface area contributed by atoms with Gasteiger partial charge in [0.1, 0.15) is 5.75 Å². The molecule has 0 aliphatic rings. The van der Waals surface area contributed by atoms with E-state index in [9.17, 15) is 4.79 Å². The van der Waals surface area contributed by atoms with E-state index in [0.717, 1.165) is 27.1 Å². The average molecular weight is 407 g/mol. The van der Waals surface area contributed by atoms with Gasteiger partial charge in [-0.05, 0) is 43.7 Å². The van der Waals surface area contributed by atoms with E-state index in [4.69, 9.17) is 9.72 Å². The molecule has 0 unspecified atom stereocenters. The number of hydrogen-bond acceptors (Lipinski definition) is 6. The highest BCUT2D eigenvalue weighted by Crippen LogP contribution is 2.33.